The Morgan fingerprint density at radius 2 is 2.12 bits per heavy atom. The Balaban J connectivity index is 2.20. The second-order valence-corrected chi connectivity index (χ2v) is 6.68. The lowest BCUT2D eigenvalue weighted by atomic mass is 10.1. The van der Waals surface area contributed by atoms with Crippen molar-refractivity contribution >= 4 is 23.5 Å². The van der Waals surface area contributed by atoms with Crippen LogP contribution in [0.1, 0.15) is 30.6 Å². The molecule has 7 heteroatoms. The molecular formula is C17H22ClNO5. The van der Waals surface area contributed by atoms with Crippen molar-refractivity contribution < 1.29 is 24.2 Å². The molecule has 1 atom stereocenters. The predicted molar refractivity (Wildman–Crippen MR) is 90.0 cm³/mol. The maximum absolute atomic E-state index is 12.6. The predicted octanol–water partition coefficient (Wildman–Crippen LogP) is 2.93. The number of ether oxygens (including phenoxy) is 2. The summed E-state index contributed by atoms with van der Waals surface area (Å²) in [6.45, 7) is 5.14. The third kappa shape index (κ3) is 4.12. The van der Waals surface area contributed by atoms with E-state index in [4.69, 9.17) is 26.2 Å². The zero-order valence-corrected chi connectivity index (χ0v) is 14.8. The number of benzene rings is 1. The number of likely N-dealkylation sites (tertiary alicyclic amines) is 1. The van der Waals surface area contributed by atoms with Gasteiger partial charge in [0.05, 0.1) is 24.7 Å². The Kier molecular flexibility index (Phi) is 5.94. The molecule has 6 nitrogen and oxygen atoms in total. The van der Waals surface area contributed by atoms with E-state index in [1.165, 1.54) is 18.1 Å². The first-order valence-corrected chi connectivity index (χ1v) is 8.23. The van der Waals surface area contributed by atoms with E-state index >= 15 is 0 Å². The number of hydrogen-bond donors (Lipinski definition) is 1. The fourth-order valence-electron chi connectivity index (χ4n) is 2.56. The molecular weight excluding hydrogens is 334 g/mol. The van der Waals surface area contributed by atoms with Crippen LogP contribution in [0.4, 0.5) is 0 Å². The van der Waals surface area contributed by atoms with Crippen LogP contribution in [0.25, 0.3) is 0 Å². The maximum atomic E-state index is 12.6. The van der Waals surface area contributed by atoms with E-state index in [2.05, 4.69) is 0 Å². The summed E-state index contributed by atoms with van der Waals surface area (Å²) in [5.41, 5.74) is 0.361. The standard InChI is InChI=1S/C17H22ClNO5/c1-10(2)9-24-15-13(18)6-12(7-14(15)23-3)16(20)19-5-4-11(8-19)17(21)22/h6-7,10-11H,4-5,8-9H2,1-3H3,(H,21,22)/t11-/m1/s1. The lowest BCUT2D eigenvalue weighted by molar-refractivity contribution is -0.141. The molecule has 0 aromatic heterocycles. The van der Waals surface area contributed by atoms with Crippen LogP contribution < -0.4 is 9.47 Å². The summed E-state index contributed by atoms with van der Waals surface area (Å²) in [5, 5.41) is 9.35. The third-order valence-electron chi connectivity index (χ3n) is 3.86. The first-order valence-electron chi connectivity index (χ1n) is 7.85. The van der Waals surface area contributed by atoms with Crippen molar-refractivity contribution in [2.75, 3.05) is 26.8 Å². The minimum absolute atomic E-state index is 0.208. The fourth-order valence-corrected chi connectivity index (χ4v) is 2.83. The largest absolute Gasteiger partial charge is 0.493 e. The van der Waals surface area contributed by atoms with Crippen molar-refractivity contribution in [1.29, 1.82) is 0 Å². The summed E-state index contributed by atoms with van der Waals surface area (Å²) in [5.74, 6) is -0.521. The molecule has 0 spiro atoms. The molecule has 132 valence electrons. The summed E-state index contributed by atoms with van der Waals surface area (Å²) in [4.78, 5) is 25.2. The highest BCUT2D eigenvalue weighted by Gasteiger charge is 2.32. The van der Waals surface area contributed by atoms with E-state index in [0.717, 1.165) is 0 Å². The number of carboxylic acid groups (broad SMARTS) is 1. The Bertz CT molecular complexity index is 632. The maximum Gasteiger partial charge on any atom is 0.308 e. The van der Waals surface area contributed by atoms with Gasteiger partial charge in [-0.3, -0.25) is 9.59 Å². The highest BCUT2D eigenvalue weighted by molar-refractivity contribution is 6.32. The molecule has 2 rings (SSSR count). The number of hydrogen-bond acceptors (Lipinski definition) is 4. The highest BCUT2D eigenvalue weighted by Crippen LogP contribution is 2.37. The van der Waals surface area contributed by atoms with Gasteiger partial charge in [-0.1, -0.05) is 25.4 Å². The van der Waals surface area contributed by atoms with Gasteiger partial charge in [-0.25, -0.2) is 0 Å². The molecule has 1 aliphatic rings. The molecule has 0 unspecified atom stereocenters. The molecule has 1 fully saturated rings. The van der Waals surface area contributed by atoms with Gasteiger partial charge in [0.15, 0.2) is 11.5 Å². The molecule has 24 heavy (non-hydrogen) atoms. The monoisotopic (exact) mass is 355 g/mol. The second kappa shape index (κ2) is 7.75. The van der Waals surface area contributed by atoms with Crippen LogP contribution in [0.15, 0.2) is 12.1 Å². The molecule has 1 aromatic carbocycles. The van der Waals surface area contributed by atoms with Gasteiger partial charge in [0.2, 0.25) is 0 Å². The third-order valence-corrected chi connectivity index (χ3v) is 4.14. The number of aliphatic carboxylic acids is 1. The summed E-state index contributed by atoms with van der Waals surface area (Å²) in [6, 6.07) is 3.12. The highest BCUT2D eigenvalue weighted by atomic mass is 35.5. The minimum Gasteiger partial charge on any atom is -0.493 e. The van der Waals surface area contributed by atoms with E-state index in [9.17, 15) is 9.59 Å². The normalized spacial score (nSPS) is 17.2. The average molecular weight is 356 g/mol. The van der Waals surface area contributed by atoms with Gasteiger partial charge >= 0.3 is 5.97 Å². The SMILES string of the molecule is COc1cc(C(=O)N2CC[C@@H](C(=O)O)C2)cc(Cl)c1OCC(C)C. The number of carbonyl (C=O) groups excluding carboxylic acids is 1. The van der Waals surface area contributed by atoms with Crippen molar-refractivity contribution in [3.8, 4) is 11.5 Å². The Morgan fingerprint density at radius 3 is 2.67 bits per heavy atom. The molecule has 1 aliphatic heterocycles. The molecule has 1 heterocycles. The van der Waals surface area contributed by atoms with Gasteiger partial charge in [0.1, 0.15) is 0 Å². The molecule has 1 saturated heterocycles. The average Bonchev–Trinajstić information content (AvgIpc) is 3.02. The number of nitrogens with zero attached hydrogens (tertiary/aromatic N) is 1. The lowest BCUT2D eigenvalue weighted by Gasteiger charge is -2.19. The van der Waals surface area contributed by atoms with Crippen LogP contribution in [0.2, 0.25) is 5.02 Å². The lowest BCUT2D eigenvalue weighted by Crippen LogP contribution is -2.30. The Morgan fingerprint density at radius 1 is 1.42 bits per heavy atom. The van der Waals surface area contributed by atoms with Crippen LogP contribution in [-0.4, -0.2) is 48.7 Å². The summed E-state index contributed by atoms with van der Waals surface area (Å²) in [7, 11) is 1.48. The number of halogens is 1. The summed E-state index contributed by atoms with van der Waals surface area (Å²) >= 11 is 6.26. The topological polar surface area (TPSA) is 76.1 Å². The molecule has 1 N–H and O–H groups in total. The van der Waals surface area contributed by atoms with Crippen LogP contribution in [-0.2, 0) is 4.79 Å². The van der Waals surface area contributed by atoms with E-state index in [1.807, 2.05) is 13.8 Å². The summed E-state index contributed by atoms with van der Waals surface area (Å²) < 4.78 is 11.0. The Hall–Kier alpha value is -1.95. The molecule has 0 bridgehead atoms. The van der Waals surface area contributed by atoms with E-state index in [1.54, 1.807) is 6.07 Å². The second-order valence-electron chi connectivity index (χ2n) is 6.27. The van der Waals surface area contributed by atoms with Crippen molar-refractivity contribution in [2.24, 2.45) is 11.8 Å². The summed E-state index contributed by atoms with van der Waals surface area (Å²) in [6.07, 6.45) is 0.460. The van der Waals surface area contributed by atoms with Crippen LogP contribution in [0.3, 0.4) is 0 Å². The van der Waals surface area contributed by atoms with Crippen LogP contribution in [0.5, 0.6) is 11.5 Å². The van der Waals surface area contributed by atoms with Gasteiger partial charge in [-0.2, -0.15) is 0 Å². The fraction of sp³-hybridized carbons (Fsp3) is 0.529. The number of methoxy groups -OCH3 is 1. The number of carbonyl (C=O) groups is 2. The zero-order chi connectivity index (χ0) is 17.9. The number of rotatable bonds is 6. The zero-order valence-electron chi connectivity index (χ0n) is 14.0. The van der Waals surface area contributed by atoms with Gasteiger partial charge in [0, 0.05) is 18.7 Å². The molecule has 0 saturated carbocycles. The van der Waals surface area contributed by atoms with E-state index < -0.39 is 11.9 Å². The quantitative estimate of drug-likeness (QED) is 0.849. The van der Waals surface area contributed by atoms with Crippen molar-refractivity contribution in [3.63, 3.8) is 0 Å². The molecule has 1 amide bonds. The number of amides is 1. The van der Waals surface area contributed by atoms with Crippen LogP contribution >= 0.6 is 11.6 Å². The van der Waals surface area contributed by atoms with Gasteiger partial charge < -0.3 is 19.5 Å². The first kappa shape index (κ1) is 18.4. The van der Waals surface area contributed by atoms with Gasteiger partial charge in [-0.05, 0) is 24.5 Å². The molecule has 1 aromatic rings. The van der Waals surface area contributed by atoms with Gasteiger partial charge in [0.25, 0.3) is 5.91 Å². The van der Waals surface area contributed by atoms with Crippen molar-refractivity contribution in [1.82, 2.24) is 4.90 Å². The van der Waals surface area contributed by atoms with E-state index in [-0.39, 0.29) is 12.5 Å². The minimum atomic E-state index is -0.877. The molecule has 0 aliphatic carbocycles. The molecule has 0 radical (unpaired) electrons. The van der Waals surface area contributed by atoms with Crippen molar-refractivity contribution in [3.05, 3.63) is 22.7 Å². The Labute approximate surface area is 146 Å². The number of carboxylic acids is 1. The van der Waals surface area contributed by atoms with Gasteiger partial charge in [-0.15, -0.1) is 0 Å². The first-order chi connectivity index (χ1) is 11.3. The van der Waals surface area contributed by atoms with Crippen molar-refractivity contribution in [2.45, 2.75) is 20.3 Å². The van der Waals surface area contributed by atoms with Crippen LogP contribution in [0, 0.1) is 11.8 Å². The van der Waals surface area contributed by atoms with E-state index in [0.29, 0.717) is 47.6 Å². The smallest absolute Gasteiger partial charge is 0.308 e.